The van der Waals surface area contributed by atoms with Gasteiger partial charge >= 0.3 is 5.97 Å². The lowest BCUT2D eigenvalue weighted by Crippen LogP contribution is -2.59. The number of para-hydroxylation sites is 1. The molecule has 0 spiro atoms. The van der Waals surface area contributed by atoms with Crippen molar-refractivity contribution in [1.82, 2.24) is 0 Å². The molecular formula is C24H25NO3. The fourth-order valence-electron chi connectivity index (χ4n) is 4.52. The average Bonchev–Trinajstić information content (AvgIpc) is 2.74. The maximum Gasteiger partial charge on any atom is 0.309 e. The molecule has 0 radical (unpaired) electrons. The number of amides is 1. The third-order valence-electron chi connectivity index (χ3n) is 5.79. The van der Waals surface area contributed by atoms with Crippen LogP contribution in [0.3, 0.4) is 0 Å². The van der Waals surface area contributed by atoms with E-state index >= 15 is 0 Å². The van der Waals surface area contributed by atoms with E-state index < -0.39 is 0 Å². The number of esters is 1. The van der Waals surface area contributed by atoms with Crippen molar-refractivity contribution in [3.05, 3.63) is 78.4 Å². The van der Waals surface area contributed by atoms with Crippen molar-refractivity contribution >= 4 is 17.6 Å². The molecule has 0 saturated carbocycles. The van der Waals surface area contributed by atoms with Gasteiger partial charge in [0.25, 0.3) is 0 Å². The molecule has 1 aliphatic heterocycles. The SMILES string of the molecule is CCOC(=O)[C@@H]1CCC=C[C@@H]1[C@H]1C(=O)N(c2ccccc2)[C@@H]1c1ccccc1. The normalized spacial score (nSPS) is 26.6. The minimum atomic E-state index is -0.261. The van der Waals surface area contributed by atoms with Gasteiger partial charge in [-0.2, -0.15) is 0 Å². The molecule has 0 bridgehead atoms. The quantitative estimate of drug-likeness (QED) is 0.438. The van der Waals surface area contributed by atoms with Crippen LogP contribution in [-0.4, -0.2) is 18.5 Å². The highest BCUT2D eigenvalue weighted by molar-refractivity contribution is 6.04. The lowest BCUT2D eigenvalue weighted by Gasteiger charge is -2.51. The summed E-state index contributed by atoms with van der Waals surface area (Å²) in [6, 6.07) is 19.8. The summed E-state index contributed by atoms with van der Waals surface area (Å²) in [5.74, 6) is -0.761. The molecule has 1 fully saturated rings. The molecule has 1 aliphatic carbocycles. The van der Waals surface area contributed by atoms with E-state index in [1.165, 1.54) is 0 Å². The Hall–Kier alpha value is -2.88. The number of carbonyl (C=O) groups excluding carboxylic acids is 2. The van der Waals surface area contributed by atoms with Crippen molar-refractivity contribution in [3.63, 3.8) is 0 Å². The van der Waals surface area contributed by atoms with E-state index in [9.17, 15) is 9.59 Å². The van der Waals surface area contributed by atoms with Gasteiger partial charge in [-0.1, -0.05) is 60.7 Å². The Bertz CT molecular complexity index is 862. The predicted octanol–water partition coefficient (Wildman–Crippen LogP) is 4.54. The molecule has 4 rings (SSSR count). The van der Waals surface area contributed by atoms with Crippen LogP contribution in [0.4, 0.5) is 5.69 Å². The second-order valence-electron chi connectivity index (χ2n) is 7.37. The summed E-state index contributed by atoms with van der Waals surface area (Å²) in [5, 5.41) is 0. The number of allylic oxidation sites excluding steroid dienone is 2. The topological polar surface area (TPSA) is 46.6 Å². The van der Waals surface area contributed by atoms with E-state index in [0.717, 1.165) is 24.1 Å². The first kappa shape index (κ1) is 18.5. The third-order valence-corrected chi connectivity index (χ3v) is 5.79. The number of ether oxygens (including phenoxy) is 1. The summed E-state index contributed by atoms with van der Waals surface area (Å²) < 4.78 is 5.32. The second-order valence-corrected chi connectivity index (χ2v) is 7.37. The van der Waals surface area contributed by atoms with E-state index in [2.05, 4.69) is 24.3 Å². The number of nitrogens with zero attached hydrogens (tertiary/aromatic N) is 1. The third kappa shape index (κ3) is 3.24. The zero-order valence-corrected chi connectivity index (χ0v) is 16.0. The minimum Gasteiger partial charge on any atom is -0.466 e. The largest absolute Gasteiger partial charge is 0.466 e. The van der Waals surface area contributed by atoms with E-state index in [-0.39, 0.29) is 35.7 Å². The Balaban J connectivity index is 1.71. The van der Waals surface area contributed by atoms with Gasteiger partial charge in [-0.05, 0) is 37.5 Å². The molecule has 0 aromatic heterocycles. The van der Waals surface area contributed by atoms with Crippen LogP contribution in [0.25, 0.3) is 0 Å². The van der Waals surface area contributed by atoms with Crippen LogP contribution in [0.5, 0.6) is 0 Å². The Kier molecular flexibility index (Phi) is 5.29. The van der Waals surface area contributed by atoms with Gasteiger partial charge in [0, 0.05) is 11.6 Å². The van der Waals surface area contributed by atoms with Crippen molar-refractivity contribution in [2.75, 3.05) is 11.5 Å². The first-order valence-corrected chi connectivity index (χ1v) is 9.98. The summed E-state index contributed by atoms with van der Waals surface area (Å²) in [6.45, 7) is 2.19. The van der Waals surface area contributed by atoms with Crippen LogP contribution in [0.2, 0.25) is 0 Å². The first-order valence-electron chi connectivity index (χ1n) is 9.98. The average molecular weight is 375 g/mol. The summed E-state index contributed by atoms with van der Waals surface area (Å²) in [6.07, 6.45) is 5.74. The molecule has 2 aromatic rings. The van der Waals surface area contributed by atoms with Crippen LogP contribution in [0.15, 0.2) is 72.8 Å². The fraction of sp³-hybridized carbons (Fsp3) is 0.333. The predicted molar refractivity (Wildman–Crippen MR) is 109 cm³/mol. The molecule has 4 heteroatoms. The van der Waals surface area contributed by atoms with Gasteiger partial charge in [-0.3, -0.25) is 9.59 Å². The second kappa shape index (κ2) is 8.01. The zero-order valence-electron chi connectivity index (χ0n) is 16.0. The lowest BCUT2D eigenvalue weighted by atomic mass is 9.67. The molecule has 1 amide bonds. The van der Waals surface area contributed by atoms with Crippen molar-refractivity contribution < 1.29 is 14.3 Å². The maximum absolute atomic E-state index is 13.3. The van der Waals surface area contributed by atoms with Crippen LogP contribution >= 0.6 is 0 Å². The summed E-state index contributed by atoms with van der Waals surface area (Å²) in [5.41, 5.74) is 1.99. The van der Waals surface area contributed by atoms with Gasteiger partial charge in [0.2, 0.25) is 5.91 Å². The molecule has 28 heavy (non-hydrogen) atoms. The van der Waals surface area contributed by atoms with Gasteiger partial charge in [-0.25, -0.2) is 0 Å². The highest BCUT2D eigenvalue weighted by Crippen LogP contribution is 2.50. The Labute approximate surface area is 165 Å². The van der Waals surface area contributed by atoms with Crippen LogP contribution in [0.1, 0.15) is 31.4 Å². The lowest BCUT2D eigenvalue weighted by molar-refractivity contribution is -0.152. The number of hydrogen-bond acceptors (Lipinski definition) is 3. The highest BCUT2D eigenvalue weighted by atomic mass is 16.5. The van der Waals surface area contributed by atoms with E-state index in [4.69, 9.17) is 4.74 Å². The Morgan fingerprint density at radius 2 is 1.75 bits per heavy atom. The van der Waals surface area contributed by atoms with Crippen molar-refractivity contribution in [1.29, 1.82) is 0 Å². The zero-order chi connectivity index (χ0) is 19.5. The fourth-order valence-corrected chi connectivity index (χ4v) is 4.52. The van der Waals surface area contributed by atoms with Gasteiger partial charge in [0.15, 0.2) is 0 Å². The molecule has 1 saturated heterocycles. The molecule has 2 aliphatic rings. The van der Waals surface area contributed by atoms with E-state index in [0.29, 0.717) is 6.61 Å². The van der Waals surface area contributed by atoms with Gasteiger partial charge in [-0.15, -0.1) is 0 Å². The maximum atomic E-state index is 13.3. The van der Waals surface area contributed by atoms with Crippen LogP contribution in [-0.2, 0) is 14.3 Å². The molecule has 1 heterocycles. The molecular weight excluding hydrogens is 350 g/mol. The molecule has 0 unspecified atom stereocenters. The molecule has 4 atom stereocenters. The minimum absolute atomic E-state index is 0.0749. The van der Waals surface area contributed by atoms with Gasteiger partial charge in [0.1, 0.15) is 0 Å². The number of β-lactam (4-membered cyclic amide) rings is 1. The number of benzene rings is 2. The van der Waals surface area contributed by atoms with Crippen LogP contribution < -0.4 is 4.90 Å². The number of hydrogen-bond donors (Lipinski definition) is 0. The number of anilines is 1. The molecule has 144 valence electrons. The molecule has 4 nitrogen and oxygen atoms in total. The molecule has 0 N–H and O–H groups in total. The first-order chi connectivity index (χ1) is 13.7. The molecule has 2 aromatic carbocycles. The van der Waals surface area contributed by atoms with Crippen LogP contribution in [0, 0.1) is 17.8 Å². The Morgan fingerprint density at radius 1 is 1.07 bits per heavy atom. The van der Waals surface area contributed by atoms with E-state index in [1.807, 2.05) is 60.4 Å². The van der Waals surface area contributed by atoms with Gasteiger partial charge < -0.3 is 9.64 Å². The van der Waals surface area contributed by atoms with Gasteiger partial charge in [0.05, 0.1) is 24.5 Å². The van der Waals surface area contributed by atoms with Crippen molar-refractivity contribution in [2.45, 2.75) is 25.8 Å². The van der Waals surface area contributed by atoms with Crippen molar-refractivity contribution in [2.24, 2.45) is 17.8 Å². The summed E-state index contributed by atoms with van der Waals surface area (Å²) >= 11 is 0. The monoisotopic (exact) mass is 375 g/mol. The standard InChI is InChI=1S/C24H25NO3/c1-2-28-24(27)20-16-10-9-15-19(20)21-22(17-11-5-3-6-12-17)25(23(21)26)18-13-7-4-8-14-18/h3-9,11-15,19-22H,2,10,16H2,1H3/t19-,20+,21+,22+/m0/s1. The van der Waals surface area contributed by atoms with E-state index in [1.54, 1.807) is 0 Å². The Morgan fingerprint density at radius 3 is 2.43 bits per heavy atom. The number of carbonyl (C=O) groups is 2. The smallest absolute Gasteiger partial charge is 0.309 e. The summed E-state index contributed by atoms with van der Waals surface area (Å²) in [4.78, 5) is 27.8. The number of rotatable bonds is 5. The summed E-state index contributed by atoms with van der Waals surface area (Å²) in [7, 11) is 0. The van der Waals surface area contributed by atoms with Crippen molar-refractivity contribution in [3.8, 4) is 0 Å². The highest BCUT2D eigenvalue weighted by Gasteiger charge is 2.54.